The van der Waals surface area contributed by atoms with Crippen molar-refractivity contribution in [2.45, 2.75) is 12.8 Å². The van der Waals surface area contributed by atoms with E-state index >= 15 is 0 Å². The van der Waals surface area contributed by atoms with Crippen LogP contribution in [0.3, 0.4) is 0 Å². The molecule has 0 radical (unpaired) electrons. The van der Waals surface area contributed by atoms with Crippen LogP contribution in [-0.4, -0.2) is 47.4 Å². The summed E-state index contributed by atoms with van der Waals surface area (Å²) >= 11 is 3.33. The molecule has 29 heavy (non-hydrogen) atoms. The summed E-state index contributed by atoms with van der Waals surface area (Å²) in [4.78, 5) is 12.0. The van der Waals surface area contributed by atoms with Gasteiger partial charge in [-0.2, -0.15) is 0 Å². The zero-order chi connectivity index (χ0) is 21.3. The number of nitrogens with zero attached hydrogens (tertiary/aromatic N) is 1. The van der Waals surface area contributed by atoms with Crippen LogP contribution < -0.4 is 19.1 Å². The molecule has 2 aromatic rings. The predicted molar refractivity (Wildman–Crippen MR) is 117 cm³/mol. The van der Waals surface area contributed by atoms with E-state index in [-0.39, 0.29) is 18.9 Å². The highest BCUT2D eigenvalue weighted by Gasteiger charge is 2.17. The van der Waals surface area contributed by atoms with E-state index in [1.54, 1.807) is 55.6 Å². The zero-order valence-corrected chi connectivity index (χ0v) is 18.8. The van der Waals surface area contributed by atoms with Crippen LogP contribution in [0, 0.1) is 0 Å². The number of sulfonamides is 1. The molecule has 0 fully saturated rings. The number of amides is 1. The third-order valence-electron chi connectivity index (χ3n) is 4.03. The first kappa shape index (κ1) is 23.0. The number of ether oxygens (including phenoxy) is 2. The lowest BCUT2D eigenvalue weighted by Gasteiger charge is -2.22. The lowest BCUT2D eigenvalue weighted by Crippen LogP contribution is -2.32. The Labute approximate surface area is 180 Å². The molecule has 0 aromatic heterocycles. The van der Waals surface area contributed by atoms with Gasteiger partial charge in [-0.15, -0.1) is 0 Å². The second kappa shape index (κ2) is 11.1. The lowest BCUT2D eigenvalue weighted by atomic mass is 10.2. The molecule has 0 aliphatic heterocycles. The lowest BCUT2D eigenvalue weighted by molar-refractivity contribution is -0.121. The molecule has 2 rings (SSSR count). The van der Waals surface area contributed by atoms with Gasteiger partial charge in [-0.3, -0.25) is 9.10 Å². The summed E-state index contributed by atoms with van der Waals surface area (Å²) < 4.78 is 36.9. The van der Waals surface area contributed by atoms with Crippen molar-refractivity contribution >= 4 is 37.5 Å². The van der Waals surface area contributed by atoms with Gasteiger partial charge in [0.1, 0.15) is 18.1 Å². The van der Waals surface area contributed by atoms with Crippen molar-refractivity contribution in [2.75, 3.05) is 37.4 Å². The predicted octanol–water partition coefficient (Wildman–Crippen LogP) is 3.20. The smallest absolute Gasteiger partial charge is 0.232 e. The molecule has 0 atom stereocenters. The number of hydrogen-bond acceptors (Lipinski definition) is 5. The van der Waals surface area contributed by atoms with Crippen LogP contribution in [0.15, 0.2) is 53.0 Å². The maximum atomic E-state index is 12.1. The number of nitrogens with one attached hydrogen (secondary N) is 1. The van der Waals surface area contributed by atoms with Crippen LogP contribution in [0.1, 0.15) is 12.8 Å². The molecule has 0 bridgehead atoms. The zero-order valence-electron chi connectivity index (χ0n) is 16.4. The highest BCUT2D eigenvalue weighted by Crippen LogP contribution is 2.21. The minimum atomic E-state index is -3.43. The van der Waals surface area contributed by atoms with E-state index in [2.05, 4.69) is 21.2 Å². The fourth-order valence-electron chi connectivity index (χ4n) is 2.60. The maximum absolute atomic E-state index is 12.1. The molecule has 1 amide bonds. The summed E-state index contributed by atoms with van der Waals surface area (Å²) in [6.07, 6.45) is 1.80. The SMILES string of the molecule is COc1ccc(OCCNC(=O)CCCN(c2ccc(Br)cc2)S(C)(=O)=O)cc1. The average molecular weight is 485 g/mol. The Balaban J connectivity index is 1.72. The number of benzene rings is 2. The van der Waals surface area contributed by atoms with Gasteiger partial charge in [-0.25, -0.2) is 8.42 Å². The first-order valence-electron chi connectivity index (χ1n) is 9.06. The first-order chi connectivity index (χ1) is 13.8. The molecule has 0 heterocycles. The normalized spacial score (nSPS) is 11.0. The molecule has 0 saturated heterocycles. The monoisotopic (exact) mass is 484 g/mol. The Bertz CT molecular complexity index is 886. The third-order valence-corrected chi connectivity index (χ3v) is 5.76. The van der Waals surface area contributed by atoms with Gasteiger partial charge in [-0.05, 0) is 55.0 Å². The summed E-state index contributed by atoms with van der Waals surface area (Å²) in [5.74, 6) is 1.29. The van der Waals surface area contributed by atoms with Gasteiger partial charge in [-0.1, -0.05) is 15.9 Å². The van der Waals surface area contributed by atoms with E-state index in [1.807, 2.05) is 0 Å². The highest BCUT2D eigenvalue weighted by atomic mass is 79.9. The Morgan fingerprint density at radius 2 is 1.69 bits per heavy atom. The van der Waals surface area contributed by atoms with E-state index in [9.17, 15) is 13.2 Å². The summed E-state index contributed by atoms with van der Waals surface area (Å²) in [6, 6.07) is 14.2. The van der Waals surface area contributed by atoms with Crippen molar-refractivity contribution in [1.29, 1.82) is 0 Å². The molecular weight excluding hydrogens is 460 g/mol. The van der Waals surface area contributed by atoms with E-state index in [0.717, 1.165) is 16.5 Å². The Morgan fingerprint density at radius 1 is 1.07 bits per heavy atom. The molecule has 9 heteroatoms. The van der Waals surface area contributed by atoms with Gasteiger partial charge in [0.2, 0.25) is 15.9 Å². The van der Waals surface area contributed by atoms with Crippen molar-refractivity contribution in [3.8, 4) is 11.5 Å². The molecule has 7 nitrogen and oxygen atoms in total. The van der Waals surface area contributed by atoms with Crippen molar-refractivity contribution in [1.82, 2.24) is 5.32 Å². The van der Waals surface area contributed by atoms with Crippen LogP contribution in [0.25, 0.3) is 0 Å². The third kappa shape index (κ3) is 7.94. The van der Waals surface area contributed by atoms with Gasteiger partial charge in [0, 0.05) is 17.4 Å². The Kier molecular flexibility index (Phi) is 8.78. The number of rotatable bonds is 11. The van der Waals surface area contributed by atoms with Crippen LogP contribution in [-0.2, 0) is 14.8 Å². The van der Waals surface area contributed by atoms with Gasteiger partial charge in [0.05, 0.1) is 25.6 Å². The van der Waals surface area contributed by atoms with Gasteiger partial charge >= 0.3 is 0 Å². The van der Waals surface area contributed by atoms with Gasteiger partial charge in [0.25, 0.3) is 0 Å². The largest absolute Gasteiger partial charge is 0.497 e. The first-order valence-corrected chi connectivity index (χ1v) is 11.7. The van der Waals surface area contributed by atoms with Crippen molar-refractivity contribution in [3.05, 3.63) is 53.0 Å². The summed E-state index contributed by atoms with van der Waals surface area (Å²) in [5.41, 5.74) is 0.573. The fourth-order valence-corrected chi connectivity index (χ4v) is 3.83. The minimum absolute atomic E-state index is 0.146. The van der Waals surface area contributed by atoms with Crippen molar-refractivity contribution in [3.63, 3.8) is 0 Å². The van der Waals surface area contributed by atoms with Gasteiger partial charge < -0.3 is 14.8 Å². The van der Waals surface area contributed by atoms with Crippen LogP contribution in [0.5, 0.6) is 11.5 Å². The summed E-state index contributed by atoms with van der Waals surface area (Å²) in [6.45, 7) is 0.941. The molecule has 0 aliphatic rings. The van der Waals surface area contributed by atoms with Crippen LogP contribution >= 0.6 is 15.9 Å². The van der Waals surface area contributed by atoms with Crippen LogP contribution in [0.4, 0.5) is 5.69 Å². The minimum Gasteiger partial charge on any atom is -0.497 e. The van der Waals surface area contributed by atoms with Crippen LogP contribution in [0.2, 0.25) is 0 Å². The Hall–Kier alpha value is -2.26. The number of halogens is 1. The average Bonchev–Trinajstić information content (AvgIpc) is 2.69. The fraction of sp³-hybridized carbons (Fsp3) is 0.350. The van der Waals surface area contributed by atoms with E-state index in [1.165, 1.54) is 4.31 Å². The number of carbonyl (C=O) groups excluding carboxylic acids is 1. The number of methoxy groups -OCH3 is 1. The van der Waals surface area contributed by atoms with Gasteiger partial charge in [0.15, 0.2) is 0 Å². The molecule has 0 aliphatic carbocycles. The second-order valence-electron chi connectivity index (χ2n) is 6.29. The molecule has 1 N–H and O–H groups in total. The number of hydrogen-bond donors (Lipinski definition) is 1. The molecular formula is C20H25BrN2O5S. The molecule has 0 spiro atoms. The van der Waals surface area contributed by atoms with E-state index < -0.39 is 10.0 Å². The second-order valence-corrected chi connectivity index (χ2v) is 9.11. The summed E-state index contributed by atoms with van der Waals surface area (Å²) in [5, 5.41) is 2.77. The molecule has 0 saturated carbocycles. The van der Waals surface area contributed by atoms with Crippen molar-refractivity contribution < 1.29 is 22.7 Å². The molecule has 0 unspecified atom stereocenters. The van der Waals surface area contributed by atoms with Crippen molar-refractivity contribution in [2.24, 2.45) is 0 Å². The quantitative estimate of drug-likeness (QED) is 0.495. The maximum Gasteiger partial charge on any atom is 0.232 e. The van der Waals surface area contributed by atoms with E-state index in [0.29, 0.717) is 31.0 Å². The summed E-state index contributed by atoms with van der Waals surface area (Å²) in [7, 11) is -1.83. The van der Waals surface area contributed by atoms with E-state index in [4.69, 9.17) is 9.47 Å². The number of anilines is 1. The standard InChI is InChI=1S/C20H25BrN2O5S/c1-27-18-9-11-19(12-10-18)28-15-13-22-20(24)4-3-14-23(29(2,25)26)17-7-5-16(21)6-8-17/h5-12H,3-4,13-15H2,1-2H3,(H,22,24). The highest BCUT2D eigenvalue weighted by molar-refractivity contribution is 9.10. The molecule has 2 aromatic carbocycles. The number of carbonyl (C=O) groups is 1. The Morgan fingerprint density at radius 3 is 2.28 bits per heavy atom. The topological polar surface area (TPSA) is 84.9 Å². The molecule has 158 valence electrons.